The third kappa shape index (κ3) is 2.84. The predicted octanol–water partition coefficient (Wildman–Crippen LogP) is 5.80. The summed E-state index contributed by atoms with van der Waals surface area (Å²) in [5.41, 5.74) is 1.16. The Kier molecular flexibility index (Phi) is 4.02. The Labute approximate surface area is 130 Å². The Morgan fingerprint density at radius 3 is 2.19 bits per heavy atom. The van der Waals surface area contributed by atoms with Gasteiger partial charge in [-0.2, -0.15) is 0 Å². The standard InChI is InChI=1S/C18H13BrF2/c19-15(18-16(20)9-4-10-17(18)21)11-13-7-3-6-12-5-1-2-8-14(12)13/h1-10,15H,11H2. The van der Waals surface area contributed by atoms with Crippen LogP contribution in [0.25, 0.3) is 10.8 Å². The lowest BCUT2D eigenvalue weighted by Gasteiger charge is -2.14. The SMILES string of the molecule is Fc1cccc(F)c1C(Br)Cc1cccc2ccccc12. The topological polar surface area (TPSA) is 0 Å². The van der Waals surface area contributed by atoms with E-state index in [2.05, 4.69) is 15.9 Å². The first-order valence-electron chi connectivity index (χ1n) is 6.71. The first kappa shape index (κ1) is 14.2. The molecule has 106 valence electrons. The van der Waals surface area contributed by atoms with Crippen molar-refractivity contribution in [2.24, 2.45) is 0 Å². The second-order valence-corrected chi connectivity index (χ2v) is 6.05. The van der Waals surface area contributed by atoms with Gasteiger partial charge in [-0.05, 0) is 34.9 Å². The molecule has 0 saturated heterocycles. The molecule has 0 aliphatic rings. The van der Waals surface area contributed by atoms with Crippen LogP contribution in [0.15, 0.2) is 60.7 Å². The molecule has 1 atom stereocenters. The number of alkyl halides is 1. The normalized spacial score (nSPS) is 12.5. The highest BCUT2D eigenvalue weighted by Gasteiger charge is 2.18. The monoisotopic (exact) mass is 346 g/mol. The van der Waals surface area contributed by atoms with E-state index in [0.29, 0.717) is 6.42 Å². The summed E-state index contributed by atoms with van der Waals surface area (Å²) in [5.74, 6) is -1.03. The number of halogens is 3. The van der Waals surface area contributed by atoms with E-state index in [0.717, 1.165) is 16.3 Å². The summed E-state index contributed by atoms with van der Waals surface area (Å²) in [6.07, 6.45) is 0.527. The molecule has 3 rings (SSSR count). The van der Waals surface area contributed by atoms with Crippen molar-refractivity contribution in [3.05, 3.63) is 83.4 Å². The van der Waals surface area contributed by atoms with Gasteiger partial charge in [0.05, 0.1) is 0 Å². The summed E-state index contributed by atoms with van der Waals surface area (Å²) in [5, 5.41) is 2.24. The zero-order chi connectivity index (χ0) is 14.8. The molecule has 0 aliphatic carbocycles. The fraction of sp³-hybridized carbons (Fsp3) is 0.111. The van der Waals surface area contributed by atoms with E-state index in [1.165, 1.54) is 18.2 Å². The molecule has 21 heavy (non-hydrogen) atoms. The maximum Gasteiger partial charge on any atom is 0.130 e. The van der Waals surface area contributed by atoms with Crippen molar-refractivity contribution >= 4 is 26.7 Å². The molecule has 0 saturated carbocycles. The highest BCUT2D eigenvalue weighted by atomic mass is 79.9. The van der Waals surface area contributed by atoms with Crippen molar-refractivity contribution in [3.63, 3.8) is 0 Å². The van der Waals surface area contributed by atoms with Gasteiger partial charge in [0.2, 0.25) is 0 Å². The van der Waals surface area contributed by atoms with Crippen LogP contribution in [0.4, 0.5) is 8.78 Å². The third-order valence-electron chi connectivity index (χ3n) is 3.59. The van der Waals surface area contributed by atoms with E-state index >= 15 is 0 Å². The highest BCUT2D eigenvalue weighted by Crippen LogP contribution is 2.33. The molecule has 0 aromatic heterocycles. The van der Waals surface area contributed by atoms with Gasteiger partial charge >= 0.3 is 0 Å². The Hall–Kier alpha value is -1.74. The maximum absolute atomic E-state index is 13.8. The molecule has 0 amide bonds. The summed E-state index contributed by atoms with van der Waals surface area (Å²) >= 11 is 3.43. The Morgan fingerprint density at radius 2 is 1.43 bits per heavy atom. The van der Waals surface area contributed by atoms with Gasteiger partial charge < -0.3 is 0 Å². The molecule has 1 unspecified atom stereocenters. The van der Waals surface area contributed by atoms with Gasteiger partial charge in [0.15, 0.2) is 0 Å². The number of benzene rings is 3. The van der Waals surface area contributed by atoms with Crippen molar-refractivity contribution < 1.29 is 8.78 Å². The van der Waals surface area contributed by atoms with Crippen molar-refractivity contribution in [1.82, 2.24) is 0 Å². The zero-order valence-electron chi connectivity index (χ0n) is 11.2. The molecule has 0 spiro atoms. The number of hydrogen-bond acceptors (Lipinski definition) is 0. The molecule has 0 fully saturated rings. The molecule has 0 radical (unpaired) electrons. The zero-order valence-corrected chi connectivity index (χ0v) is 12.8. The maximum atomic E-state index is 13.8. The highest BCUT2D eigenvalue weighted by molar-refractivity contribution is 9.09. The largest absolute Gasteiger partial charge is 0.207 e. The number of hydrogen-bond donors (Lipinski definition) is 0. The van der Waals surface area contributed by atoms with Crippen molar-refractivity contribution in [2.45, 2.75) is 11.2 Å². The van der Waals surface area contributed by atoms with Crippen LogP contribution in [-0.4, -0.2) is 0 Å². The molecule has 3 heteroatoms. The Balaban J connectivity index is 1.99. The fourth-order valence-corrected chi connectivity index (χ4v) is 3.36. The van der Waals surface area contributed by atoms with Crippen LogP contribution in [-0.2, 0) is 6.42 Å². The molecular formula is C18H13BrF2. The van der Waals surface area contributed by atoms with Gasteiger partial charge in [0.25, 0.3) is 0 Å². The smallest absolute Gasteiger partial charge is 0.130 e. The summed E-state index contributed by atoms with van der Waals surface area (Å²) in [7, 11) is 0. The summed E-state index contributed by atoms with van der Waals surface area (Å²) < 4.78 is 27.7. The third-order valence-corrected chi connectivity index (χ3v) is 4.37. The van der Waals surface area contributed by atoms with E-state index in [-0.39, 0.29) is 5.56 Å². The van der Waals surface area contributed by atoms with Gasteiger partial charge in [-0.25, -0.2) is 8.78 Å². The second kappa shape index (κ2) is 5.94. The van der Waals surface area contributed by atoms with Crippen LogP contribution in [0.5, 0.6) is 0 Å². The summed E-state index contributed by atoms with van der Waals surface area (Å²) in [6.45, 7) is 0. The summed E-state index contributed by atoms with van der Waals surface area (Å²) in [4.78, 5) is -0.399. The van der Waals surface area contributed by atoms with Crippen LogP contribution in [0.1, 0.15) is 16.0 Å². The molecule has 0 bridgehead atoms. The molecule has 3 aromatic rings. The van der Waals surface area contributed by atoms with E-state index < -0.39 is 16.5 Å². The Bertz CT molecular complexity index is 758. The lowest BCUT2D eigenvalue weighted by molar-refractivity contribution is 0.554. The first-order valence-corrected chi connectivity index (χ1v) is 7.63. The van der Waals surface area contributed by atoms with E-state index in [9.17, 15) is 8.78 Å². The van der Waals surface area contributed by atoms with Crippen LogP contribution < -0.4 is 0 Å². The van der Waals surface area contributed by atoms with Gasteiger partial charge in [0, 0.05) is 10.4 Å². The predicted molar refractivity (Wildman–Crippen MR) is 85.7 cm³/mol. The van der Waals surface area contributed by atoms with Crippen LogP contribution in [0, 0.1) is 11.6 Å². The van der Waals surface area contributed by atoms with Crippen LogP contribution in [0.2, 0.25) is 0 Å². The van der Waals surface area contributed by atoms with E-state index in [1.54, 1.807) is 0 Å². The lowest BCUT2D eigenvalue weighted by Crippen LogP contribution is -2.02. The van der Waals surface area contributed by atoms with Crippen molar-refractivity contribution in [3.8, 4) is 0 Å². The van der Waals surface area contributed by atoms with Crippen molar-refractivity contribution in [2.75, 3.05) is 0 Å². The molecule has 0 N–H and O–H groups in total. The second-order valence-electron chi connectivity index (χ2n) is 4.95. The quantitative estimate of drug-likeness (QED) is 0.526. The molecule has 3 aromatic carbocycles. The minimum Gasteiger partial charge on any atom is -0.207 e. The Morgan fingerprint density at radius 1 is 0.810 bits per heavy atom. The molecule has 0 heterocycles. The molecular weight excluding hydrogens is 334 g/mol. The van der Waals surface area contributed by atoms with Crippen LogP contribution in [0.3, 0.4) is 0 Å². The van der Waals surface area contributed by atoms with Crippen LogP contribution >= 0.6 is 15.9 Å². The number of rotatable bonds is 3. The van der Waals surface area contributed by atoms with Gasteiger partial charge in [-0.15, -0.1) is 0 Å². The van der Waals surface area contributed by atoms with Gasteiger partial charge in [-0.3, -0.25) is 0 Å². The average Bonchev–Trinajstić information content (AvgIpc) is 2.47. The summed E-state index contributed by atoms with van der Waals surface area (Å²) in [6, 6.07) is 18.0. The van der Waals surface area contributed by atoms with Gasteiger partial charge in [0.1, 0.15) is 11.6 Å². The first-order chi connectivity index (χ1) is 10.2. The average molecular weight is 347 g/mol. The van der Waals surface area contributed by atoms with Gasteiger partial charge in [-0.1, -0.05) is 64.5 Å². The van der Waals surface area contributed by atoms with E-state index in [1.807, 2.05) is 42.5 Å². The fourth-order valence-electron chi connectivity index (χ4n) is 2.58. The van der Waals surface area contributed by atoms with Crippen molar-refractivity contribution in [1.29, 1.82) is 0 Å². The van der Waals surface area contributed by atoms with E-state index in [4.69, 9.17) is 0 Å². The lowest BCUT2D eigenvalue weighted by atomic mass is 9.98. The minimum atomic E-state index is -0.517. The molecule has 0 nitrogen and oxygen atoms in total. The number of fused-ring (bicyclic) bond motifs is 1. The molecule has 0 aliphatic heterocycles. The minimum absolute atomic E-state index is 0.0884.